The van der Waals surface area contributed by atoms with Crippen molar-refractivity contribution in [2.24, 2.45) is 0 Å². The summed E-state index contributed by atoms with van der Waals surface area (Å²) in [4.78, 5) is 26.1. The molecule has 2 rings (SSSR count). The second-order valence-electron chi connectivity index (χ2n) is 4.93. The Hall–Kier alpha value is -2.16. The van der Waals surface area contributed by atoms with E-state index in [-0.39, 0.29) is 6.42 Å². The summed E-state index contributed by atoms with van der Waals surface area (Å²) < 4.78 is 42.0. The Morgan fingerprint density at radius 1 is 1.33 bits per heavy atom. The number of rotatable bonds is 5. The summed E-state index contributed by atoms with van der Waals surface area (Å²) in [6, 6.07) is 5.77. The van der Waals surface area contributed by atoms with Gasteiger partial charge in [0.15, 0.2) is 0 Å². The molecule has 0 spiro atoms. The van der Waals surface area contributed by atoms with E-state index >= 15 is 0 Å². The lowest BCUT2D eigenvalue weighted by atomic mass is 10.0. The summed E-state index contributed by atoms with van der Waals surface area (Å²) in [7, 11) is 1.06. The van der Waals surface area contributed by atoms with Crippen LogP contribution in [0.1, 0.15) is 5.56 Å². The Morgan fingerprint density at radius 2 is 2.00 bits per heavy atom. The van der Waals surface area contributed by atoms with Gasteiger partial charge in [-0.15, -0.1) is 11.8 Å². The molecular formula is C15H15F3N2O3S. The van der Waals surface area contributed by atoms with E-state index in [0.29, 0.717) is 10.6 Å². The van der Waals surface area contributed by atoms with E-state index in [9.17, 15) is 22.8 Å². The van der Waals surface area contributed by atoms with E-state index in [1.54, 1.807) is 23.7 Å². The fraction of sp³-hybridized carbons (Fsp3) is 0.333. The van der Waals surface area contributed by atoms with Crippen LogP contribution in [-0.2, 0) is 20.7 Å². The maximum Gasteiger partial charge on any atom is 0.471 e. The Morgan fingerprint density at radius 3 is 2.58 bits per heavy atom. The Balaban J connectivity index is 2.36. The van der Waals surface area contributed by atoms with Gasteiger partial charge in [0.2, 0.25) is 0 Å². The zero-order valence-electron chi connectivity index (χ0n) is 12.9. The van der Waals surface area contributed by atoms with Crippen molar-refractivity contribution < 1.29 is 27.5 Å². The quantitative estimate of drug-likeness (QED) is 0.635. The molecule has 1 heterocycles. The molecule has 2 aromatic rings. The molecule has 0 aliphatic heterocycles. The first-order valence-corrected chi connectivity index (χ1v) is 8.09. The minimum absolute atomic E-state index is 0.116. The molecule has 0 fully saturated rings. The van der Waals surface area contributed by atoms with Crippen molar-refractivity contribution in [3.63, 3.8) is 0 Å². The Kier molecular flexibility index (Phi) is 5.43. The van der Waals surface area contributed by atoms with Crippen molar-refractivity contribution >= 4 is 34.5 Å². The first-order valence-electron chi connectivity index (χ1n) is 6.87. The van der Waals surface area contributed by atoms with Crippen LogP contribution in [0.25, 0.3) is 10.9 Å². The zero-order valence-corrected chi connectivity index (χ0v) is 13.7. The third-order valence-corrected chi connectivity index (χ3v) is 4.19. The molecule has 1 amide bonds. The van der Waals surface area contributed by atoms with Gasteiger partial charge < -0.3 is 15.0 Å². The molecule has 1 atom stereocenters. The molecule has 1 aromatic carbocycles. The number of halogens is 3. The second-order valence-corrected chi connectivity index (χ2v) is 5.75. The molecule has 0 bridgehead atoms. The first kappa shape index (κ1) is 18.2. The standard InChI is InChI=1S/C15H15F3N2O3S/c1-23-13(21)11(20-14(22)15(16,17)18)7-9-8-5-3-4-6-10(8)19-12(9)24-2/h3-6,11,19H,7H2,1-2H3,(H,20,22). The normalized spacial score (nSPS) is 12.9. The van der Waals surface area contributed by atoms with Crippen LogP contribution >= 0.6 is 11.8 Å². The largest absolute Gasteiger partial charge is 0.471 e. The van der Waals surface area contributed by atoms with Crippen LogP contribution in [0.2, 0.25) is 0 Å². The van der Waals surface area contributed by atoms with Crippen LogP contribution in [0.15, 0.2) is 29.3 Å². The van der Waals surface area contributed by atoms with Crippen molar-refractivity contribution in [1.82, 2.24) is 10.3 Å². The highest BCUT2D eigenvalue weighted by Gasteiger charge is 2.41. The van der Waals surface area contributed by atoms with Crippen LogP contribution < -0.4 is 5.32 Å². The lowest BCUT2D eigenvalue weighted by Crippen LogP contribution is -2.48. The van der Waals surface area contributed by atoms with Gasteiger partial charge in [0.1, 0.15) is 6.04 Å². The van der Waals surface area contributed by atoms with E-state index in [2.05, 4.69) is 9.72 Å². The number of carbonyl (C=O) groups is 2. The number of aromatic nitrogens is 1. The Labute approximate surface area is 139 Å². The number of para-hydroxylation sites is 1. The number of methoxy groups -OCH3 is 1. The number of aromatic amines is 1. The summed E-state index contributed by atoms with van der Waals surface area (Å²) in [5.41, 5.74) is 1.44. The van der Waals surface area contributed by atoms with Crippen LogP contribution in [0.3, 0.4) is 0 Å². The molecule has 0 saturated heterocycles. The first-order chi connectivity index (χ1) is 11.3. The molecule has 9 heteroatoms. The molecule has 0 aliphatic carbocycles. The molecule has 5 nitrogen and oxygen atoms in total. The monoisotopic (exact) mass is 360 g/mol. The maximum absolute atomic E-state index is 12.5. The number of hydrogen-bond acceptors (Lipinski definition) is 4. The molecule has 0 saturated carbocycles. The van der Waals surface area contributed by atoms with Gasteiger partial charge in [-0.25, -0.2) is 4.79 Å². The van der Waals surface area contributed by atoms with Gasteiger partial charge in [0, 0.05) is 17.3 Å². The summed E-state index contributed by atoms with van der Waals surface area (Å²) in [5.74, 6) is -3.12. The van der Waals surface area contributed by atoms with Crippen molar-refractivity contribution in [3.05, 3.63) is 29.8 Å². The predicted molar refractivity (Wildman–Crippen MR) is 83.8 cm³/mol. The lowest BCUT2D eigenvalue weighted by molar-refractivity contribution is -0.175. The third kappa shape index (κ3) is 3.84. The number of nitrogens with one attached hydrogen (secondary N) is 2. The second kappa shape index (κ2) is 7.16. The van der Waals surface area contributed by atoms with Gasteiger partial charge >= 0.3 is 18.1 Å². The highest BCUT2D eigenvalue weighted by molar-refractivity contribution is 7.98. The summed E-state index contributed by atoms with van der Waals surface area (Å²) in [5, 5.41) is 3.19. The van der Waals surface area contributed by atoms with E-state index in [1.807, 2.05) is 12.1 Å². The Bertz CT molecular complexity index is 758. The van der Waals surface area contributed by atoms with Crippen LogP contribution in [-0.4, -0.2) is 42.4 Å². The van der Waals surface area contributed by atoms with E-state index in [4.69, 9.17) is 0 Å². The van der Waals surface area contributed by atoms with Gasteiger partial charge in [-0.3, -0.25) is 4.79 Å². The highest BCUT2D eigenvalue weighted by Crippen LogP contribution is 2.29. The maximum atomic E-state index is 12.5. The van der Waals surface area contributed by atoms with Crippen molar-refractivity contribution in [1.29, 1.82) is 0 Å². The van der Waals surface area contributed by atoms with Crippen molar-refractivity contribution in [3.8, 4) is 0 Å². The van der Waals surface area contributed by atoms with Crippen molar-refractivity contribution in [2.45, 2.75) is 23.7 Å². The molecule has 24 heavy (non-hydrogen) atoms. The summed E-state index contributed by atoms with van der Waals surface area (Å²) in [6.07, 6.45) is -3.39. The SMILES string of the molecule is COC(=O)C(Cc1c(SC)[nH]c2ccccc12)NC(=O)C(F)(F)F. The van der Waals surface area contributed by atoms with E-state index in [1.165, 1.54) is 11.8 Å². The van der Waals surface area contributed by atoms with Crippen LogP contribution in [0.5, 0.6) is 0 Å². The van der Waals surface area contributed by atoms with Gasteiger partial charge in [0.25, 0.3) is 0 Å². The molecule has 2 N–H and O–H groups in total. The topological polar surface area (TPSA) is 71.2 Å². The molecule has 0 aliphatic rings. The van der Waals surface area contributed by atoms with Gasteiger partial charge in [-0.1, -0.05) is 18.2 Å². The number of thioether (sulfide) groups is 1. The lowest BCUT2D eigenvalue weighted by Gasteiger charge is -2.17. The number of fused-ring (bicyclic) bond motifs is 1. The molecular weight excluding hydrogens is 345 g/mol. The molecule has 130 valence electrons. The molecule has 1 unspecified atom stereocenters. The average molecular weight is 360 g/mol. The number of amides is 1. The van der Waals surface area contributed by atoms with E-state index < -0.39 is 24.1 Å². The number of alkyl halides is 3. The minimum Gasteiger partial charge on any atom is -0.467 e. The minimum atomic E-state index is -5.07. The number of carbonyl (C=O) groups excluding carboxylic acids is 2. The number of H-pyrrole nitrogens is 1. The van der Waals surface area contributed by atoms with Gasteiger partial charge in [-0.05, 0) is 17.9 Å². The average Bonchev–Trinajstić information content (AvgIpc) is 2.90. The van der Waals surface area contributed by atoms with Crippen LogP contribution in [0.4, 0.5) is 13.2 Å². The predicted octanol–water partition coefficient (Wildman–Crippen LogP) is 2.65. The highest BCUT2D eigenvalue weighted by atomic mass is 32.2. The summed E-state index contributed by atoms with van der Waals surface area (Å²) in [6.45, 7) is 0. The number of esters is 1. The smallest absolute Gasteiger partial charge is 0.467 e. The van der Waals surface area contributed by atoms with Crippen LogP contribution in [0, 0.1) is 0 Å². The summed E-state index contributed by atoms with van der Waals surface area (Å²) >= 11 is 1.36. The number of hydrogen-bond donors (Lipinski definition) is 2. The molecule has 0 radical (unpaired) electrons. The molecule has 1 aromatic heterocycles. The fourth-order valence-electron chi connectivity index (χ4n) is 2.33. The van der Waals surface area contributed by atoms with Gasteiger partial charge in [-0.2, -0.15) is 13.2 Å². The third-order valence-electron chi connectivity index (χ3n) is 3.44. The van der Waals surface area contributed by atoms with Gasteiger partial charge in [0.05, 0.1) is 12.1 Å². The van der Waals surface area contributed by atoms with E-state index in [0.717, 1.165) is 18.0 Å². The van der Waals surface area contributed by atoms with Crippen molar-refractivity contribution in [2.75, 3.05) is 13.4 Å². The number of ether oxygens (including phenoxy) is 1. The fourth-order valence-corrected chi connectivity index (χ4v) is 2.98. The number of benzene rings is 1. The zero-order chi connectivity index (χ0) is 17.9.